The average Bonchev–Trinajstić information content (AvgIpc) is 2.87. The van der Waals surface area contributed by atoms with Crippen LogP contribution >= 0.6 is 15.9 Å². The van der Waals surface area contributed by atoms with Gasteiger partial charge in [-0.05, 0) is 39.7 Å². The number of allylic oxidation sites excluding steroid dienone is 1. The number of nitrogens with zero attached hydrogens (tertiary/aromatic N) is 2. The normalized spacial score (nSPS) is 16.1. The van der Waals surface area contributed by atoms with E-state index in [1.54, 1.807) is 30.3 Å². The van der Waals surface area contributed by atoms with Crippen LogP contribution in [0, 0.1) is 11.3 Å². The van der Waals surface area contributed by atoms with E-state index >= 15 is 0 Å². The summed E-state index contributed by atoms with van der Waals surface area (Å²) in [4.78, 5) is 26.3. The van der Waals surface area contributed by atoms with Gasteiger partial charge in [0.1, 0.15) is 11.5 Å². The number of esters is 2. The molecule has 0 spiro atoms. The van der Waals surface area contributed by atoms with Gasteiger partial charge in [0.2, 0.25) is 9.84 Å². The van der Waals surface area contributed by atoms with E-state index in [0.717, 1.165) is 37.3 Å². The molecule has 2 N–H and O–H groups in total. The monoisotopic (exact) mass is 581 g/mol. The zero-order chi connectivity index (χ0) is 26.8. The molecule has 0 amide bonds. The lowest BCUT2D eigenvalue weighted by Gasteiger charge is -2.36. The minimum Gasteiger partial charge on any atom is -0.466 e. The summed E-state index contributed by atoms with van der Waals surface area (Å²) in [5, 5.41) is 10.0. The summed E-state index contributed by atoms with van der Waals surface area (Å²) in [6, 6.07) is 13.1. The van der Waals surface area contributed by atoms with Crippen LogP contribution < -0.4 is 10.6 Å². The number of nitriles is 1. The average molecular weight is 582 g/mol. The van der Waals surface area contributed by atoms with Crippen molar-refractivity contribution in [3.8, 4) is 6.07 Å². The predicted molar refractivity (Wildman–Crippen MR) is 127 cm³/mol. The molecule has 1 unspecified atom stereocenters. The largest absolute Gasteiger partial charge is 0.466 e. The second kappa shape index (κ2) is 10.5. The Hall–Kier alpha value is -3.76. The highest BCUT2D eigenvalue weighted by Gasteiger charge is 2.43. The van der Waals surface area contributed by atoms with Crippen LogP contribution in [0.1, 0.15) is 11.5 Å². The van der Waals surface area contributed by atoms with Crippen LogP contribution in [0.3, 0.4) is 0 Å². The quantitative estimate of drug-likeness (QED) is 0.508. The lowest BCUT2D eigenvalue weighted by Crippen LogP contribution is -2.41. The maximum Gasteiger partial charge on any atom is 0.355 e. The van der Waals surface area contributed by atoms with Gasteiger partial charge in [-0.25, -0.2) is 18.0 Å². The van der Waals surface area contributed by atoms with Crippen LogP contribution in [0.5, 0.6) is 0 Å². The van der Waals surface area contributed by atoms with Crippen molar-refractivity contribution in [1.29, 1.82) is 5.26 Å². The number of carbonyl (C=O) groups excluding carboxylic acids is 2. The van der Waals surface area contributed by atoms with E-state index in [4.69, 9.17) is 15.2 Å². The fourth-order valence-corrected chi connectivity index (χ4v) is 5.17. The number of alkyl halides is 2. The predicted octanol–water partition coefficient (Wildman–Crippen LogP) is 3.34. The third kappa shape index (κ3) is 4.57. The molecule has 3 rings (SSSR count). The number of ether oxygens (including phenoxy) is 2. The summed E-state index contributed by atoms with van der Waals surface area (Å²) in [5.41, 5.74) is 5.99. The number of benzene rings is 2. The Morgan fingerprint density at radius 3 is 2.22 bits per heavy atom. The zero-order valence-corrected chi connectivity index (χ0v) is 21.1. The second-order valence-electron chi connectivity index (χ2n) is 7.25. The van der Waals surface area contributed by atoms with Crippen LogP contribution in [-0.2, 0) is 28.9 Å². The van der Waals surface area contributed by atoms with Gasteiger partial charge in [0.05, 0.1) is 47.9 Å². The van der Waals surface area contributed by atoms with Crippen LogP contribution in [0.25, 0.3) is 0 Å². The molecule has 1 aliphatic heterocycles. The summed E-state index contributed by atoms with van der Waals surface area (Å²) in [7, 11) is -2.79. The number of hydrogen-bond donors (Lipinski definition) is 1. The maximum atomic E-state index is 13.0. The van der Waals surface area contributed by atoms with Crippen molar-refractivity contribution in [2.45, 2.75) is 16.6 Å². The molecular formula is C23H18BrF2N3O6S. The van der Waals surface area contributed by atoms with Gasteiger partial charge in [0, 0.05) is 4.47 Å². The molecular weight excluding hydrogens is 564 g/mol. The highest BCUT2D eigenvalue weighted by atomic mass is 79.9. The molecule has 13 heteroatoms. The fourth-order valence-electron chi connectivity index (χ4n) is 3.71. The molecule has 188 valence electrons. The van der Waals surface area contributed by atoms with Crippen LogP contribution in [0.4, 0.5) is 14.5 Å². The van der Waals surface area contributed by atoms with Gasteiger partial charge >= 0.3 is 17.7 Å². The Morgan fingerprint density at radius 1 is 1.11 bits per heavy atom. The first-order valence-electron chi connectivity index (χ1n) is 9.98. The molecule has 2 aromatic rings. The van der Waals surface area contributed by atoms with Crippen LogP contribution in [-0.4, -0.2) is 40.3 Å². The summed E-state index contributed by atoms with van der Waals surface area (Å²) < 4.78 is 59.7. The van der Waals surface area contributed by atoms with Crippen molar-refractivity contribution in [2.24, 2.45) is 5.73 Å². The first kappa shape index (κ1) is 26.8. The molecule has 0 saturated carbocycles. The SMILES string of the molecule is COC(=O)C1=C(C(=O)OC)N(c2ccc(S(=O)(=O)C(F)F)cc2Br)C(N)=C(C#N)C1c1ccccc1. The number of nitrogens with two attached hydrogens (primary N) is 1. The molecule has 1 atom stereocenters. The molecule has 0 aliphatic carbocycles. The van der Waals surface area contributed by atoms with Gasteiger partial charge in [-0.1, -0.05) is 30.3 Å². The number of sulfone groups is 1. The minimum absolute atomic E-state index is 0.0261. The molecule has 9 nitrogen and oxygen atoms in total. The van der Waals surface area contributed by atoms with Crippen LogP contribution in [0.15, 0.2) is 80.6 Å². The standard InChI is InChI=1S/C23H18BrF2N3O6S/c1-34-21(30)18-17(12-6-4-3-5-7-12)14(11-27)20(28)29(19(18)22(31)35-2)16-9-8-13(10-15(16)24)36(32,33)23(25)26/h3-10,17,23H,28H2,1-2H3. The lowest BCUT2D eigenvalue weighted by atomic mass is 9.81. The molecule has 0 saturated heterocycles. The lowest BCUT2D eigenvalue weighted by molar-refractivity contribution is -0.139. The van der Waals surface area contributed by atoms with Crippen molar-refractivity contribution in [3.05, 3.63) is 81.2 Å². The fraction of sp³-hybridized carbons (Fsp3) is 0.174. The molecule has 0 radical (unpaired) electrons. The smallest absolute Gasteiger partial charge is 0.355 e. The number of methoxy groups -OCH3 is 2. The molecule has 1 heterocycles. The zero-order valence-electron chi connectivity index (χ0n) is 18.7. The van der Waals surface area contributed by atoms with Crippen molar-refractivity contribution in [3.63, 3.8) is 0 Å². The Kier molecular flexibility index (Phi) is 7.80. The second-order valence-corrected chi connectivity index (χ2v) is 10.0. The van der Waals surface area contributed by atoms with E-state index in [9.17, 15) is 32.0 Å². The third-order valence-electron chi connectivity index (χ3n) is 5.33. The Morgan fingerprint density at radius 2 is 1.72 bits per heavy atom. The van der Waals surface area contributed by atoms with Gasteiger partial charge in [-0.3, -0.25) is 4.90 Å². The van der Waals surface area contributed by atoms with E-state index in [0.29, 0.717) is 5.56 Å². The van der Waals surface area contributed by atoms with Crippen molar-refractivity contribution >= 4 is 43.4 Å². The topological polar surface area (TPSA) is 140 Å². The summed E-state index contributed by atoms with van der Waals surface area (Å²) in [6.45, 7) is 0. The highest BCUT2D eigenvalue weighted by Crippen LogP contribution is 2.45. The van der Waals surface area contributed by atoms with Crippen molar-refractivity contribution < 1.29 is 36.3 Å². The van der Waals surface area contributed by atoms with Gasteiger partial charge in [0.15, 0.2) is 0 Å². The molecule has 0 bridgehead atoms. The van der Waals surface area contributed by atoms with E-state index in [2.05, 4.69) is 15.9 Å². The summed E-state index contributed by atoms with van der Waals surface area (Å²) >= 11 is 3.12. The summed E-state index contributed by atoms with van der Waals surface area (Å²) in [5.74, 6) is -7.02. The van der Waals surface area contributed by atoms with Crippen molar-refractivity contribution in [1.82, 2.24) is 0 Å². The van der Waals surface area contributed by atoms with Crippen LogP contribution in [0.2, 0.25) is 0 Å². The van der Waals surface area contributed by atoms with Gasteiger partial charge in [0.25, 0.3) is 0 Å². The molecule has 0 aromatic heterocycles. The number of rotatable bonds is 6. The molecule has 1 aliphatic rings. The molecule has 36 heavy (non-hydrogen) atoms. The Bertz CT molecular complexity index is 1440. The number of carbonyl (C=O) groups is 2. The van der Waals surface area contributed by atoms with E-state index < -0.39 is 44.0 Å². The first-order chi connectivity index (χ1) is 17.0. The van der Waals surface area contributed by atoms with E-state index in [-0.39, 0.29) is 27.1 Å². The number of halogens is 3. The molecule has 2 aromatic carbocycles. The molecule has 0 fully saturated rings. The number of anilines is 1. The third-order valence-corrected chi connectivity index (χ3v) is 7.35. The van der Waals surface area contributed by atoms with Gasteiger partial charge in [-0.2, -0.15) is 14.0 Å². The minimum atomic E-state index is -4.94. The highest BCUT2D eigenvalue weighted by molar-refractivity contribution is 9.10. The first-order valence-corrected chi connectivity index (χ1v) is 12.3. The van der Waals surface area contributed by atoms with E-state index in [1.165, 1.54) is 0 Å². The maximum absolute atomic E-state index is 13.0. The van der Waals surface area contributed by atoms with Crippen molar-refractivity contribution in [2.75, 3.05) is 19.1 Å². The van der Waals surface area contributed by atoms with Gasteiger partial charge in [-0.15, -0.1) is 0 Å². The number of hydrogen-bond acceptors (Lipinski definition) is 9. The van der Waals surface area contributed by atoms with Gasteiger partial charge < -0.3 is 15.2 Å². The van der Waals surface area contributed by atoms with E-state index in [1.807, 2.05) is 6.07 Å². The Balaban J connectivity index is 2.39. The Labute approximate surface area is 213 Å². The summed E-state index contributed by atoms with van der Waals surface area (Å²) in [6.07, 6.45) is 0.